The van der Waals surface area contributed by atoms with Gasteiger partial charge in [-0.15, -0.1) is 0 Å². The Morgan fingerprint density at radius 1 is 1.17 bits per heavy atom. The van der Waals surface area contributed by atoms with Gasteiger partial charge >= 0.3 is 0 Å². The van der Waals surface area contributed by atoms with Crippen LogP contribution < -0.4 is 11.1 Å². The highest BCUT2D eigenvalue weighted by Gasteiger charge is 2.11. The number of nitrogens with two attached hydrogens (primary N) is 1. The number of hydrogen-bond donors (Lipinski definition) is 2. The highest BCUT2D eigenvalue weighted by atomic mass is 79.9. The first-order valence-corrected chi connectivity index (χ1v) is 5.78. The quantitative estimate of drug-likeness (QED) is 0.893. The summed E-state index contributed by atoms with van der Waals surface area (Å²) in [7, 11) is 0. The van der Waals surface area contributed by atoms with Crippen LogP contribution in [0.4, 0.5) is 26.2 Å². The molecule has 1 aromatic carbocycles. The Balaban J connectivity index is 2.40. The van der Waals surface area contributed by atoms with Crippen LogP contribution in [-0.4, -0.2) is 9.97 Å². The van der Waals surface area contributed by atoms with Crippen LogP contribution in [-0.2, 0) is 0 Å². The van der Waals surface area contributed by atoms with E-state index in [-0.39, 0.29) is 17.5 Å². The number of nitrogens with one attached hydrogen (secondary N) is 1. The van der Waals surface area contributed by atoms with Gasteiger partial charge in [0.1, 0.15) is 11.5 Å². The van der Waals surface area contributed by atoms with Gasteiger partial charge in [-0.1, -0.05) is 15.9 Å². The van der Waals surface area contributed by atoms with Crippen LogP contribution in [0.25, 0.3) is 0 Å². The van der Waals surface area contributed by atoms with Crippen molar-refractivity contribution in [2.75, 3.05) is 11.1 Å². The van der Waals surface area contributed by atoms with Crippen LogP contribution in [0.15, 0.2) is 22.7 Å². The number of nitrogens with zero attached hydrogens (tertiary/aromatic N) is 2. The molecule has 0 aliphatic rings. The van der Waals surface area contributed by atoms with Crippen molar-refractivity contribution >= 4 is 33.4 Å². The molecule has 1 aromatic heterocycles. The molecule has 4 nitrogen and oxygen atoms in total. The molecule has 2 rings (SSSR count). The number of halogens is 3. The van der Waals surface area contributed by atoms with Gasteiger partial charge in [0.25, 0.3) is 0 Å². The fourth-order valence-electron chi connectivity index (χ4n) is 1.45. The number of aryl methyl sites for hydroxylation is 1. The maximum atomic E-state index is 13.6. The lowest BCUT2D eigenvalue weighted by Gasteiger charge is -2.09. The van der Waals surface area contributed by atoms with Crippen molar-refractivity contribution in [2.24, 2.45) is 0 Å². The number of aromatic nitrogens is 2. The van der Waals surface area contributed by atoms with Crippen LogP contribution in [0.5, 0.6) is 0 Å². The molecule has 94 valence electrons. The summed E-state index contributed by atoms with van der Waals surface area (Å²) < 4.78 is 27.5. The smallest absolute Gasteiger partial charge is 0.222 e. The van der Waals surface area contributed by atoms with Crippen LogP contribution in [0.1, 0.15) is 5.69 Å². The van der Waals surface area contributed by atoms with E-state index in [1.807, 2.05) is 0 Å². The normalized spacial score (nSPS) is 10.4. The van der Waals surface area contributed by atoms with Gasteiger partial charge in [0.05, 0.1) is 0 Å². The molecule has 0 bridgehead atoms. The Morgan fingerprint density at radius 2 is 1.78 bits per heavy atom. The van der Waals surface area contributed by atoms with Crippen molar-refractivity contribution in [3.05, 3.63) is 40.0 Å². The molecule has 18 heavy (non-hydrogen) atoms. The van der Waals surface area contributed by atoms with Crippen LogP contribution in [0, 0.1) is 18.6 Å². The molecule has 0 radical (unpaired) electrons. The second-order valence-corrected chi connectivity index (χ2v) is 4.54. The minimum Gasteiger partial charge on any atom is -0.368 e. The molecule has 3 N–H and O–H groups in total. The van der Waals surface area contributed by atoms with E-state index in [0.29, 0.717) is 10.2 Å². The number of rotatable bonds is 2. The summed E-state index contributed by atoms with van der Waals surface area (Å²) in [5.74, 6) is -1.18. The van der Waals surface area contributed by atoms with Gasteiger partial charge in [-0.2, -0.15) is 4.98 Å². The summed E-state index contributed by atoms with van der Waals surface area (Å²) in [6.45, 7) is 1.71. The molecule has 0 spiro atoms. The molecular weight excluding hydrogens is 306 g/mol. The zero-order valence-corrected chi connectivity index (χ0v) is 10.9. The molecule has 0 saturated carbocycles. The third-order valence-electron chi connectivity index (χ3n) is 2.13. The van der Waals surface area contributed by atoms with Crippen molar-refractivity contribution in [1.29, 1.82) is 0 Å². The second kappa shape index (κ2) is 4.85. The average molecular weight is 315 g/mol. The minimum absolute atomic E-state index is 0.0374. The van der Waals surface area contributed by atoms with Crippen molar-refractivity contribution in [3.63, 3.8) is 0 Å². The van der Waals surface area contributed by atoms with Crippen molar-refractivity contribution in [1.82, 2.24) is 9.97 Å². The standard InChI is InChI=1S/C11H9BrF2N4/c1-5-2-9(18-11(15)16-5)17-10-7(13)3-6(12)4-8(10)14/h2-4H,1H3,(H3,15,16,17,18). The lowest BCUT2D eigenvalue weighted by molar-refractivity contribution is 0.589. The second-order valence-electron chi connectivity index (χ2n) is 3.62. The lowest BCUT2D eigenvalue weighted by Crippen LogP contribution is -2.03. The third kappa shape index (κ3) is 2.73. The first kappa shape index (κ1) is 12.7. The predicted molar refractivity (Wildman–Crippen MR) is 68.5 cm³/mol. The van der Waals surface area contributed by atoms with Gasteiger partial charge in [0.15, 0.2) is 11.6 Å². The molecule has 0 saturated heterocycles. The van der Waals surface area contributed by atoms with E-state index < -0.39 is 11.6 Å². The first-order chi connectivity index (χ1) is 8.45. The molecule has 0 unspecified atom stereocenters. The van der Waals surface area contributed by atoms with Crippen molar-refractivity contribution < 1.29 is 8.78 Å². The topological polar surface area (TPSA) is 63.8 Å². The van der Waals surface area contributed by atoms with E-state index >= 15 is 0 Å². The van der Waals surface area contributed by atoms with E-state index in [0.717, 1.165) is 12.1 Å². The predicted octanol–water partition coefficient (Wildman–Crippen LogP) is 3.15. The van der Waals surface area contributed by atoms with Crippen LogP contribution in [0.2, 0.25) is 0 Å². The SMILES string of the molecule is Cc1cc(Nc2c(F)cc(Br)cc2F)nc(N)n1. The van der Waals surface area contributed by atoms with E-state index in [1.165, 1.54) is 6.07 Å². The summed E-state index contributed by atoms with van der Waals surface area (Å²) in [5, 5.41) is 2.55. The molecule has 2 aromatic rings. The van der Waals surface area contributed by atoms with Crippen LogP contribution >= 0.6 is 15.9 Å². The van der Waals surface area contributed by atoms with E-state index in [1.54, 1.807) is 6.92 Å². The maximum absolute atomic E-state index is 13.6. The zero-order valence-electron chi connectivity index (χ0n) is 9.34. The fraction of sp³-hybridized carbons (Fsp3) is 0.0909. The monoisotopic (exact) mass is 314 g/mol. The van der Waals surface area contributed by atoms with E-state index in [9.17, 15) is 8.78 Å². The molecule has 1 heterocycles. The molecular formula is C11H9BrF2N4. The summed E-state index contributed by atoms with van der Waals surface area (Å²) in [5.41, 5.74) is 5.77. The molecule has 0 aliphatic carbocycles. The lowest BCUT2D eigenvalue weighted by atomic mass is 10.3. The summed E-state index contributed by atoms with van der Waals surface area (Å²) in [6, 6.07) is 3.85. The minimum atomic E-state index is -0.725. The van der Waals surface area contributed by atoms with Gasteiger partial charge in [0, 0.05) is 16.2 Å². The highest BCUT2D eigenvalue weighted by Crippen LogP contribution is 2.26. The third-order valence-corrected chi connectivity index (χ3v) is 2.59. The molecule has 7 heteroatoms. The first-order valence-electron chi connectivity index (χ1n) is 4.98. The molecule has 0 aliphatic heterocycles. The Bertz CT molecular complexity index is 560. The number of nitrogen functional groups attached to an aromatic ring is 1. The van der Waals surface area contributed by atoms with Gasteiger partial charge < -0.3 is 11.1 Å². The van der Waals surface area contributed by atoms with Gasteiger partial charge in [-0.3, -0.25) is 0 Å². The Morgan fingerprint density at radius 3 is 2.33 bits per heavy atom. The Kier molecular flexibility index (Phi) is 3.42. The Hall–Kier alpha value is -1.76. The Labute approximate surface area is 110 Å². The zero-order chi connectivity index (χ0) is 13.3. The number of benzene rings is 1. The van der Waals surface area contributed by atoms with Crippen molar-refractivity contribution in [2.45, 2.75) is 6.92 Å². The highest BCUT2D eigenvalue weighted by molar-refractivity contribution is 9.10. The van der Waals surface area contributed by atoms with E-state index in [2.05, 4.69) is 31.2 Å². The average Bonchev–Trinajstić information content (AvgIpc) is 2.22. The van der Waals surface area contributed by atoms with E-state index in [4.69, 9.17) is 5.73 Å². The summed E-state index contributed by atoms with van der Waals surface area (Å²) in [4.78, 5) is 7.71. The van der Waals surface area contributed by atoms with Gasteiger partial charge in [0.2, 0.25) is 5.95 Å². The molecule has 0 fully saturated rings. The largest absolute Gasteiger partial charge is 0.368 e. The van der Waals surface area contributed by atoms with Gasteiger partial charge in [-0.05, 0) is 19.1 Å². The summed E-state index contributed by atoms with van der Waals surface area (Å²) in [6.07, 6.45) is 0. The van der Waals surface area contributed by atoms with Crippen LogP contribution in [0.3, 0.4) is 0 Å². The molecule has 0 atom stereocenters. The fourth-order valence-corrected chi connectivity index (χ4v) is 1.85. The van der Waals surface area contributed by atoms with Gasteiger partial charge in [-0.25, -0.2) is 13.8 Å². The van der Waals surface area contributed by atoms with Crippen molar-refractivity contribution in [3.8, 4) is 0 Å². The molecule has 0 amide bonds. The number of hydrogen-bond acceptors (Lipinski definition) is 4. The summed E-state index contributed by atoms with van der Waals surface area (Å²) >= 11 is 3.00. The number of anilines is 3. The maximum Gasteiger partial charge on any atom is 0.222 e.